The fourth-order valence-corrected chi connectivity index (χ4v) is 5.00. The Morgan fingerprint density at radius 1 is 1.03 bits per heavy atom. The average Bonchev–Trinajstić information content (AvgIpc) is 3.53. The number of fused-ring (bicyclic) bond motifs is 1. The molecule has 1 amide bonds. The van der Waals surface area contributed by atoms with Crippen molar-refractivity contribution in [3.8, 4) is 11.3 Å². The molecule has 4 aromatic rings. The SMILES string of the molecule is O=C(c1cccc(C(F)(F)F)n1)N1CCN(C2CC(n3cc(-c4ncnc5[nH]ccc45)cn3)C2)CC1. The fourth-order valence-electron chi connectivity index (χ4n) is 5.00. The van der Waals surface area contributed by atoms with Crippen molar-refractivity contribution in [3.63, 3.8) is 0 Å². The van der Waals surface area contributed by atoms with Crippen LogP contribution in [0.4, 0.5) is 13.2 Å². The summed E-state index contributed by atoms with van der Waals surface area (Å²) in [4.78, 5) is 31.9. The number of amides is 1. The lowest BCUT2D eigenvalue weighted by Crippen LogP contribution is -2.55. The number of aromatic amines is 1. The van der Waals surface area contributed by atoms with Gasteiger partial charge in [-0.2, -0.15) is 18.3 Å². The van der Waals surface area contributed by atoms with Crippen molar-refractivity contribution in [3.05, 3.63) is 60.6 Å². The lowest BCUT2D eigenvalue weighted by Gasteiger charge is -2.46. The quantitative estimate of drug-likeness (QED) is 0.465. The van der Waals surface area contributed by atoms with E-state index in [1.165, 1.54) is 12.1 Å². The molecule has 5 heterocycles. The number of rotatable bonds is 4. The molecule has 4 aromatic heterocycles. The van der Waals surface area contributed by atoms with Crippen LogP contribution in [-0.4, -0.2) is 77.6 Å². The molecule has 0 atom stereocenters. The molecule has 0 aromatic carbocycles. The van der Waals surface area contributed by atoms with Crippen LogP contribution in [0.2, 0.25) is 0 Å². The van der Waals surface area contributed by atoms with Crippen LogP contribution in [-0.2, 0) is 6.18 Å². The van der Waals surface area contributed by atoms with Gasteiger partial charge in [-0.1, -0.05) is 6.07 Å². The molecule has 0 unspecified atom stereocenters. The van der Waals surface area contributed by atoms with Gasteiger partial charge in [0, 0.05) is 55.6 Å². The van der Waals surface area contributed by atoms with E-state index in [9.17, 15) is 18.0 Å². The Kier molecular flexibility index (Phi) is 5.47. The van der Waals surface area contributed by atoms with Gasteiger partial charge in [-0.15, -0.1) is 0 Å². The summed E-state index contributed by atoms with van der Waals surface area (Å²) in [5, 5.41) is 5.52. The average molecular weight is 496 g/mol. The number of piperazine rings is 1. The first kappa shape index (κ1) is 22.7. The fraction of sp³-hybridized carbons (Fsp3) is 0.375. The standard InChI is InChI=1S/C24H23F3N8O/c25-24(26,27)20-3-1-2-19(32-20)23(36)34-8-6-33(7-9-34)16-10-17(11-16)35-13-15(12-31-35)21-18-4-5-28-22(18)30-14-29-21/h1-5,12-14,16-17H,6-11H2,(H,28,29,30). The van der Waals surface area contributed by atoms with Gasteiger partial charge < -0.3 is 9.88 Å². The van der Waals surface area contributed by atoms with Gasteiger partial charge in [-0.05, 0) is 31.0 Å². The third kappa shape index (κ3) is 4.11. The zero-order valence-electron chi connectivity index (χ0n) is 19.2. The summed E-state index contributed by atoms with van der Waals surface area (Å²) >= 11 is 0. The number of pyridine rings is 1. The molecular formula is C24H23F3N8O. The largest absolute Gasteiger partial charge is 0.433 e. The molecule has 9 nitrogen and oxygen atoms in total. The Balaban J connectivity index is 1.04. The summed E-state index contributed by atoms with van der Waals surface area (Å²) < 4.78 is 40.8. The van der Waals surface area contributed by atoms with Gasteiger partial charge in [0.25, 0.3) is 5.91 Å². The molecule has 36 heavy (non-hydrogen) atoms. The molecular weight excluding hydrogens is 473 g/mol. The van der Waals surface area contributed by atoms with E-state index in [2.05, 4.69) is 29.9 Å². The second-order valence-corrected chi connectivity index (χ2v) is 9.18. The Labute approximate surface area is 204 Å². The van der Waals surface area contributed by atoms with Crippen LogP contribution in [0, 0.1) is 0 Å². The van der Waals surface area contributed by atoms with E-state index in [4.69, 9.17) is 0 Å². The zero-order chi connectivity index (χ0) is 24.9. The number of alkyl halides is 3. The number of nitrogens with zero attached hydrogens (tertiary/aromatic N) is 7. The molecule has 1 N–H and O–H groups in total. The van der Waals surface area contributed by atoms with Gasteiger partial charge in [0.15, 0.2) is 0 Å². The normalized spacial score (nSPS) is 21.0. The Hall–Kier alpha value is -3.80. The summed E-state index contributed by atoms with van der Waals surface area (Å²) in [6, 6.07) is 6.07. The molecule has 1 saturated carbocycles. The van der Waals surface area contributed by atoms with Gasteiger partial charge in [-0.3, -0.25) is 14.4 Å². The topological polar surface area (TPSA) is 95.8 Å². The Morgan fingerprint density at radius 3 is 2.61 bits per heavy atom. The predicted molar refractivity (Wildman–Crippen MR) is 124 cm³/mol. The van der Waals surface area contributed by atoms with Crippen molar-refractivity contribution in [2.24, 2.45) is 0 Å². The number of carbonyl (C=O) groups excluding carboxylic acids is 1. The molecule has 0 radical (unpaired) electrons. The molecule has 2 fully saturated rings. The maximum atomic E-state index is 12.9. The van der Waals surface area contributed by atoms with Crippen LogP contribution in [0.25, 0.3) is 22.3 Å². The lowest BCUT2D eigenvalue weighted by molar-refractivity contribution is -0.141. The molecule has 1 saturated heterocycles. The number of aromatic nitrogens is 6. The van der Waals surface area contributed by atoms with Crippen molar-refractivity contribution in [1.29, 1.82) is 0 Å². The molecule has 0 bridgehead atoms. The van der Waals surface area contributed by atoms with E-state index in [0.29, 0.717) is 38.3 Å². The first-order valence-corrected chi connectivity index (χ1v) is 11.8. The van der Waals surface area contributed by atoms with E-state index < -0.39 is 17.8 Å². The van der Waals surface area contributed by atoms with E-state index in [-0.39, 0.29) is 5.69 Å². The van der Waals surface area contributed by atoms with Gasteiger partial charge in [0.2, 0.25) is 0 Å². The highest BCUT2D eigenvalue weighted by molar-refractivity contribution is 5.92. The van der Waals surface area contributed by atoms with E-state index in [1.54, 1.807) is 11.2 Å². The molecule has 6 rings (SSSR count). The molecule has 1 aliphatic heterocycles. The highest BCUT2D eigenvalue weighted by Crippen LogP contribution is 2.37. The first-order valence-electron chi connectivity index (χ1n) is 11.8. The van der Waals surface area contributed by atoms with Crippen molar-refractivity contribution >= 4 is 16.9 Å². The lowest BCUT2D eigenvalue weighted by atomic mass is 9.85. The predicted octanol–water partition coefficient (Wildman–Crippen LogP) is 3.40. The van der Waals surface area contributed by atoms with Crippen molar-refractivity contribution < 1.29 is 18.0 Å². The van der Waals surface area contributed by atoms with Crippen LogP contribution in [0.3, 0.4) is 0 Å². The monoisotopic (exact) mass is 496 g/mol. The third-order valence-corrected chi connectivity index (χ3v) is 7.07. The molecule has 186 valence electrons. The molecule has 1 aliphatic carbocycles. The maximum Gasteiger partial charge on any atom is 0.433 e. The highest BCUT2D eigenvalue weighted by Gasteiger charge is 2.38. The molecule has 12 heteroatoms. The summed E-state index contributed by atoms with van der Waals surface area (Å²) in [5.41, 5.74) is 1.36. The van der Waals surface area contributed by atoms with Gasteiger partial charge in [0.05, 0.1) is 17.9 Å². The number of halogens is 3. The van der Waals surface area contributed by atoms with Crippen LogP contribution in [0.5, 0.6) is 0 Å². The van der Waals surface area contributed by atoms with Crippen molar-refractivity contribution in [2.45, 2.75) is 31.1 Å². The maximum absolute atomic E-state index is 12.9. The van der Waals surface area contributed by atoms with Crippen molar-refractivity contribution in [2.75, 3.05) is 26.2 Å². The van der Waals surface area contributed by atoms with Crippen LogP contribution in [0.1, 0.15) is 35.1 Å². The smallest absolute Gasteiger partial charge is 0.346 e. The minimum atomic E-state index is -4.58. The van der Waals surface area contributed by atoms with Gasteiger partial charge in [0.1, 0.15) is 23.4 Å². The van der Waals surface area contributed by atoms with Crippen LogP contribution >= 0.6 is 0 Å². The zero-order valence-corrected chi connectivity index (χ0v) is 19.2. The van der Waals surface area contributed by atoms with Crippen LogP contribution < -0.4 is 0 Å². The Bertz CT molecular complexity index is 1400. The van der Waals surface area contributed by atoms with E-state index in [0.717, 1.165) is 41.2 Å². The second kappa shape index (κ2) is 8.70. The second-order valence-electron chi connectivity index (χ2n) is 9.18. The van der Waals surface area contributed by atoms with Gasteiger partial charge >= 0.3 is 6.18 Å². The number of hydrogen-bond donors (Lipinski definition) is 1. The van der Waals surface area contributed by atoms with E-state index in [1.807, 2.05) is 29.3 Å². The number of nitrogens with one attached hydrogen (secondary N) is 1. The molecule has 0 spiro atoms. The minimum absolute atomic E-state index is 0.169. The summed E-state index contributed by atoms with van der Waals surface area (Å²) in [6.07, 6.45) is 4.56. The third-order valence-electron chi connectivity index (χ3n) is 7.07. The summed E-state index contributed by atoms with van der Waals surface area (Å²) in [5.74, 6) is -0.461. The minimum Gasteiger partial charge on any atom is -0.346 e. The number of carbonyl (C=O) groups is 1. The Morgan fingerprint density at radius 2 is 1.83 bits per heavy atom. The first-order chi connectivity index (χ1) is 17.4. The summed E-state index contributed by atoms with van der Waals surface area (Å²) in [7, 11) is 0. The highest BCUT2D eigenvalue weighted by atomic mass is 19.4. The number of hydrogen-bond acceptors (Lipinski definition) is 6. The van der Waals surface area contributed by atoms with Crippen LogP contribution in [0.15, 0.2) is 49.2 Å². The molecule has 2 aliphatic rings. The summed E-state index contributed by atoms with van der Waals surface area (Å²) in [6.45, 7) is 2.28. The van der Waals surface area contributed by atoms with E-state index >= 15 is 0 Å². The van der Waals surface area contributed by atoms with Crippen molar-refractivity contribution in [1.82, 2.24) is 39.5 Å². The number of H-pyrrole nitrogens is 1. The van der Waals surface area contributed by atoms with Gasteiger partial charge in [-0.25, -0.2) is 15.0 Å².